The quantitative estimate of drug-likeness (QED) is 0.844. The summed E-state index contributed by atoms with van der Waals surface area (Å²) < 4.78 is 5.54. The number of nitrogens with zero attached hydrogens (tertiary/aromatic N) is 2. The Morgan fingerprint density at radius 2 is 2.05 bits per heavy atom. The summed E-state index contributed by atoms with van der Waals surface area (Å²) in [5.41, 5.74) is 0.308. The molecule has 2 rings (SSSR count). The van der Waals surface area contributed by atoms with Crippen LogP contribution in [0.25, 0.3) is 0 Å². The maximum Gasteiger partial charge on any atom is 0.272 e. The van der Waals surface area contributed by atoms with Gasteiger partial charge >= 0.3 is 0 Å². The Labute approximate surface area is 133 Å². The number of hydrogen-bond acceptors (Lipinski definition) is 3. The van der Waals surface area contributed by atoms with Gasteiger partial charge in [-0.3, -0.25) is 9.78 Å². The Kier molecular flexibility index (Phi) is 5.42. The monoisotopic (exact) mass is 324 g/mol. The Morgan fingerprint density at radius 3 is 2.76 bits per heavy atom. The number of halogens is 2. The van der Waals surface area contributed by atoms with Gasteiger partial charge in [-0.05, 0) is 24.3 Å². The lowest BCUT2D eigenvalue weighted by Gasteiger charge is -2.17. The minimum Gasteiger partial charge on any atom is -0.490 e. The highest BCUT2D eigenvalue weighted by Crippen LogP contribution is 2.22. The molecule has 0 aliphatic carbocycles. The molecule has 0 saturated carbocycles. The molecule has 0 N–H and O–H groups in total. The first-order valence-corrected chi connectivity index (χ1v) is 7.08. The highest BCUT2D eigenvalue weighted by atomic mass is 35.5. The molecular weight excluding hydrogens is 311 g/mol. The zero-order valence-electron chi connectivity index (χ0n) is 11.4. The van der Waals surface area contributed by atoms with Crippen LogP contribution in [0.15, 0.2) is 42.6 Å². The number of rotatable bonds is 5. The fourth-order valence-electron chi connectivity index (χ4n) is 1.67. The molecule has 0 fully saturated rings. The van der Waals surface area contributed by atoms with Crippen molar-refractivity contribution in [3.05, 3.63) is 58.3 Å². The number of aromatic nitrogens is 1. The van der Waals surface area contributed by atoms with Gasteiger partial charge in [-0.25, -0.2) is 0 Å². The molecule has 0 aliphatic rings. The van der Waals surface area contributed by atoms with Crippen molar-refractivity contribution in [2.24, 2.45) is 0 Å². The number of carbonyl (C=O) groups is 1. The smallest absolute Gasteiger partial charge is 0.272 e. The first-order valence-electron chi connectivity index (χ1n) is 6.32. The molecular formula is C15H14Cl2N2O2. The molecule has 0 radical (unpaired) electrons. The van der Waals surface area contributed by atoms with E-state index in [1.165, 1.54) is 17.2 Å². The van der Waals surface area contributed by atoms with Crippen LogP contribution < -0.4 is 4.74 Å². The van der Waals surface area contributed by atoms with E-state index < -0.39 is 0 Å². The average Bonchev–Trinajstić information content (AvgIpc) is 2.48. The summed E-state index contributed by atoms with van der Waals surface area (Å²) in [7, 11) is 1.68. The Bertz CT molecular complexity index is 635. The van der Waals surface area contributed by atoms with E-state index in [4.69, 9.17) is 27.9 Å². The van der Waals surface area contributed by atoms with E-state index in [9.17, 15) is 4.79 Å². The number of ether oxygens (including phenoxy) is 1. The van der Waals surface area contributed by atoms with Crippen LogP contribution in [-0.2, 0) is 0 Å². The van der Waals surface area contributed by atoms with Crippen LogP contribution in [0, 0.1) is 0 Å². The summed E-state index contributed by atoms with van der Waals surface area (Å²) in [6.45, 7) is 0.755. The van der Waals surface area contributed by atoms with Gasteiger partial charge in [0.15, 0.2) is 0 Å². The van der Waals surface area contributed by atoms with Crippen LogP contribution in [-0.4, -0.2) is 36.0 Å². The van der Waals surface area contributed by atoms with Crippen molar-refractivity contribution >= 4 is 29.1 Å². The van der Waals surface area contributed by atoms with E-state index in [1.54, 1.807) is 25.2 Å². The summed E-state index contributed by atoms with van der Waals surface area (Å²) >= 11 is 11.8. The zero-order valence-corrected chi connectivity index (χ0v) is 12.9. The van der Waals surface area contributed by atoms with Gasteiger partial charge in [-0.15, -0.1) is 0 Å². The number of pyridine rings is 1. The maximum absolute atomic E-state index is 12.1. The lowest BCUT2D eigenvalue weighted by atomic mass is 10.3. The van der Waals surface area contributed by atoms with Crippen molar-refractivity contribution in [2.75, 3.05) is 20.2 Å². The second kappa shape index (κ2) is 7.29. The van der Waals surface area contributed by atoms with Crippen molar-refractivity contribution in [1.29, 1.82) is 0 Å². The topological polar surface area (TPSA) is 42.4 Å². The normalized spacial score (nSPS) is 10.2. The second-order valence-electron chi connectivity index (χ2n) is 4.36. The van der Waals surface area contributed by atoms with Crippen LogP contribution >= 0.6 is 23.2 Å². The summed E-state index contributed by atoms with van der Waals surface area (Å²) in [6, 6.07) is 10.4. The van der Waals surface area contributed by atoms with Gasteiger partial charge in [-0.2, -0.15) is 0 Å². The molecule has 1 aromatic heterocycles. The molecule has 6 heteroatoms. The molecule has 1 amide bonds. The number of amides is 1. The van der Waals surface area contributed by atoms with Crippen LogP contribution in [0.2, 0.25) is 10.0 Å². The molecule has 2 aromatic rings. The average molecular weight is 325 g/mol. The predicted octanol–water partition coefficient (Wildman–Crippen LogP) is 3.54. The van der Waals surface area contributed by atoms with Crippen LogP contribution in [0.1, 0.15) is 10.5 Å². The molecule has 0 bridgehead atoms. The molecule has 110 valence electrons. The van der Waals surface area contributed by atoms with E-state index in [0.29, 0.717) is 34.6 Å². The van der Waals surface area contributed by atoms with Crippen molar-refractivity contribution in [3.8, 4) is 5.75 Å². The molecule has 0 spiro atoms. The van der Waals surface area contributed by atoms with Crippen molar-refractivity contribution in [3.63, 3.8) is 0 Å². The molecule has 0 saturated heterocycles. The number of likely N-dealkylation sites (N-methyl/N-ethyl adjacent to an activating group) is 1. The van der Waals surface area contributed by atoms with E-state index >= 15 is 0 Å². The SMILES string of the molecule is CN(CCOc1ccccc1Cl)C(=O)c1cc(Cl)ccn1. The second-order valence-corrected chi connectivity index (χ2v) is 5.21. The first-order chi connectivity index (χ1) is 10.1. The summed E-state index contributed by atoms with van der Waals surface area (Å²) in [5, 5.41) is 1.03. The van der Waals surface area contributed by atoms with E-state index in [1.807, 2.05) is 12.1 Å². The fraction of sp³-hybridized carbons (Fsp3) is 0.200. The molecule has 1 heterocycles. The summed E-state index contributed by atoms with van der Waals surface area (Å²) in [4.78, 5) is 17.7. The zero-order chi connectivity index (χ0) is 15.2. The molecule has 4 nitrogen and oxygen atoms in total. The Morgan fingerprint density at radius 1 is 1.29 bits per heavy atom. The highest BCUT2D eigenvalue weighted by Gasteiger charge is 2.13. The molecule has 0 aliphatic heterocycles. The number of para-hydroxylation sites is 1. The van der Waals surface area contributed by atoms with Gasteiger partial charge in [0.25, 0.3) is 5.91 Å². The lowest BCUT2D eigenvalue weighted by Crippen LogP contribution is -2.31. The van der Waals surface area contributed by atoms with Gasteiger partial charge in [-0.1, -0.05) is 35.3 Å². The molecule has 0 atom stereocenters. The largest absolute Gasteiger partial charge is 0.490 e. The van der Waals surface area contributed by atoms with E-state index in [2.05, 4.69) is 4.98 Å². The highest BCUT2D eigenvalue weighted by molar-refractivity contribution is 6.32. The third kappa shape index (κ3) is 4.34. The minimum absolute atomic E-state index is 0.208. The predicted molar refractivity (Wildman–Crippen MR) is 83.2 cm³/mol. The van der Waals surface area contributed by atoms with Gasteiger partial charge in [0.1, 0.15) is 18.1 Å². The van der Waals surface area contributed by atoms with Gasteiger partial charge < -0.3 is 9.64 Å². The van der Waals surface area contributed by atoms with Gasteiger partial charge in [0, 0.05) is 18.3 Å². The van der Waals surface area contributed by atoms with Crippen LogP contribution in [0.5, 0.6) is 5.75 Å². The van der Waals surface area contributed by atoms with Crippen molar-refractivity contribution in [2.45, 2.75) is 0 Å². The number of hydrogen-bond donors (Lipinski definition) is 0. The molecule has 1 aromatic carbocycles. The standard InChI is InChI=1S/C15H14Cl2N2O2/c1-19(15(20)13-10-11(16)6-7-18-13)8-9-21-14-5-3-2-4-12(14)17/h2-7,10H,8-9H2,1H3. The number of carbonyl (C=O) groups excluding carboxylic acids is 1. The number of benzene rings is 1. The third-order valence-corrected chi connectivity index (χ3v) is 3.36. The van der Waals surface area contributed by atoms with E-state index in [0.717, 1.165) is 0 Å². The molecule has 21 heavy (non-hydrogen) atoms. The van der Waals surface area contributed by atoms with Crippen molar-refractivity contribution in [1.82, 2.24) is 9.88 Å². The minimum atomic E-state index is -0.208. The van der Waals surface area contributed by atoms with Gasteiger partial charge in [0.2, 0.25) is 0 Å². The molecule has 0 unspecified atom stereocenters. The lowest BCUT2D eigenvalue weighted by molar-refractivity contribution is 0.0768. The van der Waals surface area contributed by atoms with Crippen LogP contribution in [0.4, 0.5) is 0 Å². The van der Waals surface area contributed by atoms with Crippen molar-refractivity contribution < 1.29 is 9.53 Å². The maximum atomic E-state index is 12.1. The first kappa shape index (κ1) is 15.6. The Balaban J connectivity index is 1.89. The van der Waals surface area contributed by atoms with E-state index in [-0.39, 0.29) is 5.91 Å². The van der Waals surface area contributed by atoms with Gasteiger partial charge in [0.05, 0.1) is 11.6 Å². The fourth-order valence-corrected chi connectivity index (χ4v) is 2.02. The Hall–Kier alpha value is -1.78. The summed E-state index contributed by atoms with van der Waals surface area (Å²) in [6.07, 6.45) is 1.50. The third-order valence-electron chi connectivity index (χ3n) is 2.81. The van der Waals surface area contributed by atoms with Crippen LogP contribution in [0.3, 0.4) is 0 Å². The summed E-state index contributed by atoms with van der Waals surface area (Å²) in [5.74, 6) is 0.390.